The molecule has 196 valence electrons. The summed E-state index contributed by atoms with van der Waals surface area (Å²) in [4.78, 5) is 8.34. The zero-order valence-electron chi connectivity index (χ0n) is 24.1. The van der Waals surface area contributed by atoms with Gasteiger partial charge in [-0.2, -0.15) is 0 Å². The number of halogens is 1. The molecule has 0 aliphatic carbocycles. The molecule has 0 N–H and O–H groups in total. The topological polar surface area (TPSA) is 44.2 Å². The van der Waals surface area contributed by atoms with Crippen LogP contribution >= 0.6 is 11.6 Å². The van der Waals surface area contributed by atoms with E-state index < -0.39 is 16.6 Å². The Bertz CT molecular complexity index is 993. The highest BCUT2D eigenvalue weighted by Gasteiger charge is 2.38. The number of rotatable bonds is 7. The summed E-state index contributed by atoms with van der Waals surface area (Å²) in [6, 6.07) is 3.96. The van der Waals surface area contributed by atoms with E-state index in [1.165, 1.54) is 11.1 Å². The highest BCUT2D eigenvalue weighted by atomic mass is 35.5. The Morgan fingerprint density at radius 2 is 1.20 bits per heavy atom. The maximum absolute atomic E-state index is 6.24. The number of pyridine rings is 2. The second kappa shape index (κ2) is 12.3. The van der Waals surface area contributed by atoms with Crippen LogP contribution in [0.5, 0.6) is 0 Å². The van der Waals surface area contributed by atoms with Gasteiger partial charge in [0.15, 0.2) is 16.6 Å². The first kappa shape index (κ1) is 31.7. The molecule has 0 radical (unpaired) electrons. The number of hydrogen-bond donors (Lipinski definition) is 0. The summed E-state index contributed by atoms with van der Waals surface area (Å²) in [6.45, 7) is 31.7. The van der Waals surface area contributed by atoms with Crippen LogP contribution in [0.15, 0.2) is 31.1 Å². The molecule has 0 atom stereocenters. The zero-order chi connectivity index (χ0) is 27.2. The maximum atomic E-state index is 6.24. The second-order valence-corrected chi connectivity index (χ2v) is 22.3. The van der Waals surface area contributed by atoms with Gasteiger partial charge in [0.25, 0.3) is 0 Å². The molecule has 0 unspecified atom stereocenters. The van der Waals surface area contributed by atoms with Crippen LogP contribution in [0.25, 0.3) is 6.08 Å². The monoisotopic (exact) mass is 534 g/mol. The maximum Gasteiger partial charge on any atom is 0.192 e. The Kier molecular flexibility index (Phi) is 11.1. The molecule has 0 saturated heterocycles. The molecule has 4 nitrogen and oxygen atoms in total. The van der Waals surface area contributed by atoms with E-state index in [0.717, 1.165) is 16.8 Å². The largest absolute Gasteiger partial charge is 0.413 e. The molecule has 0 aliphatic rings. The molecule has 2 heterocycles. The van der Waals surface area contributed by atoms with Crippen molar-refractivity contribution < 1.29 is 8.85 Å². The minimum absolute atomic E-state index is 0.234. The quantitative estimate of drug-likeness (QED) is 0.262. The summed E-state index contributed by atoms with van der Waals surface area (Å²) in [6.07, 6.45) is 5.46. The van der Waals surface area contributed by atoms with Crippen molar-refractivity contribution in [2.24, 2.45) is 0 Å². The lowest BCUT2D eigenvalue weighted by Crippen LogP contribution is -2.40. The molecule has 2 aromatic rings. The van der Waals surface area contributed by atoms with Crippen molar-refractivity contribution in [3.05, 3.63) is 64.2 Å². The molecule has 35 heavy (non-hydrogen) atoms. The summed E-state index contributed by atoms with van der Waals surface area (Å²) in [5.41, 5.74) is 5.57. The molecule has 0 spiro atoms. The second-order valence-electron chi connectivity index (χ2n) is 12.3. The third-order valence-electron chi connectivity index (χ3n) is 7.42. The average molecular weight is 535 g/mol. The van der Waals surface area contributed by atoms with E-state index in [9.17, 15) is 0 Å². The predicted octanol–water partition coefficient (Wildman–Crippen LogP) is 9.12. The molecule has 0 amide bonds. The van der Waals surface area contributed by atoms with Crippen molar-refractivity contribution in [3.63, 3.8) is 0 Å². The van der Waals surface area contributed by atoms with Crippen LogP contribution < -0.4 is 0 Å². The smallest absolute Gasteiger partial charge is 0.192 e. The van der Waals surface area contributed by atoms with Crippen LogP contribution in [0.1, 0.15) is 69.5 Å². The Morgan fingerprint density at radius 1 is 0.800 bits per heavy atom. The Hall–Kier alpha value is -1.32. The normalized spacial score (nSPS) is 12.7. The zero-order valence-corrected chi connectivity index (χ0v) is 26.9. The number of nitrogens with zero attached hydrogens (tertiary/aromatic N) is 2. The number of hydrogen-bond acceptors (Lipinski definition) is 4. The van der Waals surface area contributed by atoms with E-state index in [4.69, 9.17) is 20.5 Å². The van der Waals surface area contributed by atoms with Gasteiger partial charge in [-0.3, -0.25) is 4.98 Å². The van der Waals surface area contributed by atoms with Crippen molar-refractivity contribution >= 4 is 34.3 Å². The lowest BCUT2D eigenvalue weighted by molar-refractivity contribution is 0.275. The fourth-order valence-corrected chi connectivity index (χ4v) is 4.57. The molecule has 0 aliphatic heterocycles. The summed E-state index contributed by atoms with van der Waals surface area (Å²) in [7, 11) is -3.38. The highest BCUT2D eigenvalue weighted by Crippen LogP contribution is 2.38. The van der Waals surface area contributed by atoms with E-state index in [1.807, 2.05) is 19.2 Å². The third-order valence-corrected chi connectivity index (χ3v) is 16.6. The van der Waals surface area contributed by atoms with E-state index in [2.05, 4.69) is 97.3 Å². The third kappa shape index (κ3) is 9.58. The molecule has 0 bridgehead atoms. The summed E-state index contributed by atoms with van der Waals surface area (Å²) < 4.78 is 12.4. The fourth-order valence-electron chi connectivity index (χ4n) is 2.49. The first-order valence-corrected chi connectivity index (χ1v) is 18.5. The lowest BCUT2D eigenvalue weighted by atomic mass is 10.1. The standard InChI is InChI=1S/C15H25NOSi.C13H22ClNOSi/c1-8-14-9-13(12(2)10-16-14)11-17-18(6,7)15(3,4)5;1-10-8-15-12(14)7-11(10)9-16-17(5,6)13(2,3)4/h8-10H,1,11H2,2-7H3;7-8H,9H2,1-6H3. The van der Waals surface area contributed by atoms with Crippen LogP contribution in [0.4, 0.5) is 0 Å². The van der Waals surface area contributed by atoms with Gasteiger partial charge in [-0.25, -0.2) is 4.98 Å². The van der Waals surface area contributed by atoms with Gasteiger partial charge in [0.05, 0.1) is 18.9 Å². The summed E-state index contributed by atoms with van der Waals surface area (Å²) in [5.74, 6) is 0. The average Bonchev–Trinajstić information content (AvgIpc) is 2.72. The predicted molar refractivity (Wildman–Crippen MR) is 157 cm³/mol. The van der Waals surface area contributed by atoms with Crippen molar-refractivity contribution in [3.8, 4) is 0 Å². The van der Waals surface area contributed by atoms with Gasteiger partial charge >= 0.3 is 0 Å². The van der Waals surface area contributed by atoms with Gasteiger partial charge in [0.1, 0.15) is 5.15 Å². The highest BCUT2D eigenvalue weighted by molar-refractivity contribution is 6.74. The Balaban J connectivity index is 0.000000351. The minimum Gasteiger partial charge on any atom is -0.413 e. The van der Waals surface area contributed by atoms with E-state index in [-0.39, 0.29) is 10.1 Å². The molecular weight excluding hydrogens is 488 g/mol. The Morgan fingerprint density at radius 3 is 1.60 bits per heavy atom. The number of aryl methyl sites for hydroxylation is 2. The van der Waals surface area contributed by atoms with Gasteiger partial charge in [0.2, 0.25) is 0 Å². The van der Waals surface area contributed by atoms with Crippen LogP contribution in [-0.2, 0) is 22.1 Å². The lowest BCUT2D eigenvalue weighted by Gasteiger charge is -2.36. The van der Waals surface area contributed by atoms with E-state index in [0.29, 0.717) is 18.4 Å². The molecular formula is C28H47ClN2O2Si2. The van der Waals surface area contributed by atoms with Crippen LogP contribution in [0.3, 0.4) is 0 Å². The first-order chi connectivity index (χ1) is 15.8. The van der Waals surface area contributed by atoms with Gasteiger partial charge in [-0.05, 0) is 90.6 Å². The molecule has 2 rings (SSSR count). The number of aromatic nitrogens is 2. The van der Waals surface area contributed by atoms with Crippen molar-refractivity contribution in [1.82, 2.24) is 9.97 Å². The van der Waals surface area contributed by atoms with Gasteiger partial charge in [-0.1, -0.05) is 59.7 Å². The molecule has 0 aromatic carbocycles. The molecule has 0 fully saturated rings. The van der Waals surface area contributed by atoms with Gasteiger partial charge < -0.3 is 8.85 Å². The van der Waals surface area contributed by atoms with Crippen LogP contribution in [-0.4, -0.2) is 26.6 Å². The van der Waals surface area contributed by atoms with Crippen molar-refractivity contribution in [2.45, 2.75) is 105 Å². The molecule has 0 saturated carbocycles. The summed E-state index contributed by atoms with van der Waals surface area (Å²) >= 11 is 5.90. The van der Waals surface area contributed by atoms with E-state index in [1.54, 1.807) is 12.3 Å². The van der Waals surface area contributed by atoms with E-state index >= 15 is 0 Å². The first-order valence-electron chi connectivity index (χ1n) is 12.3. The summed E-state index contributed by atoms with van der Waals surface area (Å²) in [5, 5.41) is 1.01. The van der Waals surface area contributed by atoms with Gasteiger partial charge in [0, 0.05) is 12.4 Å². The van der Waals surface area contributed by atoms with Crippen LogP contribution in [0.2, 0.25) is 41.4 Å². The minimum atomic E-state index is -1.69. The van der Waals surface area contributed by atoms with Crippen molar-refractivity contribution in [2.75, 3.05) is 0 Å². The SMILES string of the molecule is C=Cc1cc(CO[Si](C)(C)C(C)(C)C)c(C)cn1.Cc1cnc(Cl)cc1CO[Si](C)(C)C(C)(C)C. The van der Waals surface area contributed by atoms with Crippen LogP contribution in [0, 0.1) is 13.8 Å². The Labute approximate surface area is 221 Å². The van der Waals surface area contributed by atoms with Gasteiger partial charge in [-0.15, -0.1) is 0 Å². The fraction of sp³-hybridized carbons (Fsp3) is 0.571. The molecule has 7 heteroatoms. The molecule has 2 aromatic heterocycles. The van der Waals surface area contributed by atoms with Crippen molar-refractivity contribution in [1.29, 1.82) is 0 Å².